The van der Waals surface area contributed by atoms with Crippen LogP contribution in [-0.4, -0.2) is 6.04 Å². The van der Waals surface area contributed by atoms with Gasteiger partial charge in [0.1, 0.15) is 0 Å². The van der Waals surface area contributed by atoms with Gasteiger partial charge in [0.25, 0.3) is 0 Å². The molecule has 0 spiro atoms. The first kappa shape index (κ1) is 7.80. The van der Waals surface area contributed by atoms with Crippen molar-refractivity contribution in [3.63, 3.8) is 0 Å². The fraction of sp³-hybridized carbons (Fsp3) is 0.778. The van der Waals surface area contributed by atoms with Crippen molar-refractivity contribution in [2.75, 3.05) is 0 Å². The van der Waals surface area contributed by atoms with Crippen molar-refractivity contribution in [2.45, 2.75) is 38.6 Å². The second kappa shape index (κ2) is 3.20. The molecule has 1 aliphatic carbocycles. The summed E-state index contributed by atoms with van der Waals surface area (Å²) in [6.07, 6.45) is 5.10. The van der Waals surface area contributed by atoms with Crippen LogP contribution in [0.4, 0.5) is 0 Å². The molecule has 1 heteroatoms. The molecule has 1 saturated carbocycles. The van der Waals surface area contributed by atoms with E-state index in [1.807, 2.05) is 0 Å². The second-order valence-corrected chi connectivity index (χ2v) is 3.40. The van der Waals surface area contributed by atoms with Crippen LogP contribution in [-0.2, 0) is 0 Å². The zero-order chi connectivity index (χ0) is 7.56. The lowest BCUT2D eigenvalue weighted by Gasteiger charge is -2.28. The Kier molecular flexibility index (Phi) is 2.50. The molecule has 1 rings (SSSR count). The molecule has 2 atom stereocenters. The van der Waals surface area contributed by atoms with Gasteiger partial charge in [-0.1, -0.05) is 25.0 Å². The lowest BCUT2D eigenvalue weighted by Crippen LogP contribution is -2.33. The molecule has 58 valence electrons. The van der Waals surface area contributed by atoms with Crippen LogP contribution in [0.2, 0.25) is 0 Å². The first-order valence-electron chi connectivity index (χ1n) is 4.13. The highest BCUT2D eigenvalue weighted by atomic mass is 14.7. The molecule has 0 unspecified atom stereocenters. The molecule has 1 aliphatic rings. The predicted molar refractivity (Wildman–Crippen MR) is 44.7 cm³/mol. The largest absolute Gasteiger partial charge is 0.327 e. The summed E-state index contributed by atoms with van der Waals surface area (Å²) in [6.45, 7) is 6.04. The number of nitrogens with two attached hydrogens (primary N) is 1. The van der Waals surface area contributed by atoms with Crippen molar-refractivity contribution in [3.05, 3.63) is 12.2 Å². The van der Waals surface area contributed by atoms with E-state index in [9.17, 15) is 0 Å². The van der Waals surface area contributed by atoms with Gasteiger partial charge in [0.15, 0.2) is 0 Å². The maximum absolute atomic E-state index is 5.92. The third-order valence-electron chi connectivity index (χ3n) is 2.45. The van der Waals surface area contributed by atoms with E-state index >= 15 is 0 Å². The summed E-state index contributed by atoms with van der Waals surface area (Å²) in [5.74, 6) is 0.605. The molecule has 1 fully saturated rings. The summed E-state index contributed by atoms with van der Waals surface area (Å²) >= 11 is 0. The van der Waals surface area contributed by atoms with Crippen LogP contribution < -0.4 is 5.73 Å². The molecule has 2 N–H and O–H groups in total. The number of rotatable bonds is 1. The van der Waals surface area contributed by atoms with Gasteiger partial charge in [0, 0.05) is 6.04 Å². The molecule has 0 aromatic carbocycles. The minimum Gasteiger partial charge on any atom is -0.327 e. The van der Waals surface area contributed by atoms with Crippen LogP contribution >= 0.6 is 0 Å². The van der Waals surface area contributed by atoms with Gasteiger partial charge in [-0.15, -0.1) is 0 Å². The predicted octanol–water partition coefficient (Wildman–Crippen LogP) is 2.08. The molecule has 0 amide bonds. The Morgan fingerprint density at radius 1 is 1.40 bits per heavy atom. The van der Waals surface area contributed by atoms with Gasteiger partial charge in [-0.2, -0.15) is 0 Å². The highest BCUT2D eigenvalue weighted by Crippen LogP contribution is 2.27. The summed E-state index contributed by atoms with van der Waals surface area (Å²) in [5, 5.41) is 0. The minimum atomic E-state index is 0.395. The lowest BCUT2D eigenvalue weighted by molar-refractivity contribution is 0.348. The summed E-state index contributed by atoms with van der Waals surface area (Å²) in [4.78, 5) is 0. The Bertz CT molecular complexity index is 129. The first-order valence-corrected chi connectivity index (χ1v) is 4.13. The van der Waals surface area contributed by atoms with E-state index in [4.69, 9.17) is 5.73 Å². The SMILES string of the molecule is C=C(C)[C@H]1CCCC[C@H]1N. The minimum absolute atomic E-state index is 0.395. The molecule has 0 heterocycles. The van der Waals surface area contributed by atoms with Crippen LogP contribution in [0.5, 0.6) is 0 Å². The molecule has 0 aliphatic heterocycles. The van der Waals surface area contributed by atoms with Crippen LogP contribution in [0.1, 0.15) is 32.6 Å². The molecular weight excluding hydrogens is 122 g/mol. The van der Waals surface area contributed by atoms with Gasteiger partial charge in [0.2, 0.25) is 0 Å². The van der Waals surface area contributed by atoms with Gasteiger partial charge < -0.3 is 5.73 Å². The normalized spacial score (nSPS) is 33.8. The van der Waals surface area contributed by atoms with E-state index in [-0.39, 0.29) is 0 Å². The lowest BCUT2D eigenvalue weighted by atomic mass is 9.81. The highest BCUT2D eigenvalue weighted by Gasteiger charge is 2.21. The van der Waals surface area contributed by atoms with E-state index in [0.29, 0.717) is 12.0 Å². The molecule has 0 bridgehead atoms. The summed E-state index contributed by atoms with van der Waals surface area (Å²) in [5.41, 5.74) is 7.19. The van der Waals surface area contributed by atoms with E-state index in [0.717, 1.165) is 0 Å². The molecule has 1 nitrogen and oxygen atoms in total. The molecule has 0 saturated heterocycles. The van der Waals surface area contributed by atoms with Crippen molar-refractivity contribution in [2.24, 2.45) is 11.7 Å². The average molecular weight is 139 g/mol. The van der Waals surface area contributed by atoms with Crippen LogP contribution in [0.25, 0.3) is 0 Å². The van der Waals surface area contributed by atoms with Gasteiger partial charge >= 0.3 is 0 Å². The van der Waals surface area contributed by atoms with Crippen LogP contribution in [0, 0.1) is 5.92 Å². The third-order valence-corrected chi connectivity index (χ3v) is 2.45. The van der Waals surface area contributed by atoms with Crippen molar-refractivity contribution < 1.29 is 0 Å². The molecule has 10 heavy (non-hydrogen) atoms. The van der Waals surface area contributed by atoms with Gasteiger partial charge in [-0.25, -0.2) is 0 Å². The van der Waals surface area contributed by atoms with E-state index in [1.165, 1.54) is 31.3 Å². The quantitative estimate of drug-likeness (QED) is 0.553. The third kappa shape index (κ3) is 1.60. The summed E-state index contributed by atoms with van der Waals surface area (Å²) < 4.78 is 0. The van der Waals surface area contributed by atoms with Gasteiger partial charge in [0.05, 0.1) is 0 Å². The average Bonchev–Trinajstić information content (AvgIpc) is 1.88. The standard InChI is InChI=1S/C9H17N/c1-7(2)8-5-3-4-6-9(8)10/h8-9H,1,3-6,10H2,2H3/t8-,9-/m1/s1. The summed E-state index contributed by atoms with van der Waals surface area (Å²) in [7, 11) is 0. The Balaban J connectivity index is 2.47. The van der Waals surface area contributed by atoms with Gasteiger partial charge in [-0.3, -0.25) is 0 Å². The van der Waals surface area contributed by atoms with Crippen LogP contribution in [0.3, 0.4) is 0 Å². The number of hydrogen-bond donors (Lipinski definition) is 1. The first-order chi connectivity index (χ1) is 4.72. The van der Waals surface area contributed by atoms with Gasteiger partial charge in [-0.05, 0) is 25.7 Å². The zero-order valence-electron chi connectivity index (χ0n) is 6.77. The molecule has 0 aromatic rings. The molecular formula is C9H17N. The zero-order valence-corrected chi connectivity index (χ0v) is 6.77. The van der Waals surface area contributed by atoms with E-state index in [1.54, 1.807) is 0 Å². The van der Waals surface area contributed by atoms with Crippen molar-refractivity contribution in [1.82, 2.24) is 0 Å². The highest BCUT2D eigenvalue weighted by molar-refractivity contribution is 5.01. The molecule has 0 radical (unpaired) electrons. The smallest absolute Gasteiger partial charge is 0.0104 e. The Morgan fingerprint density at radius 2 is 2.00 bits per heavy atom. The maximum atomic E-state index is 5.92. The number of hydrogen-bond acceptors (Lipinski definition) is 1. The Labute approximate surface area is 63.3 Å². The van der Waals surface area contributed by atoms with E-state index < -0.39 is 0 Å². The molecule has 0 aromatic heterocycles. The Hall–Kier alpha value is -0.300. The Morgan fingerprint density at radius 3 is 2.40 bits per heavy atom. The monoisotopic (exact) mass is 139 g/mol. The topological polar surface area (TPSA) is 26.0 Å². The second-order valence-electron chi connectivity index (χ2n) is 3.40. The van der Waals surface area contributed by atoms with Crippen LogP contribution in [0.15, 0.2) is 12.2 Å². The fourth-order valence-electron chi connectivity index (χ4n) is 1.77. The summed E-state index contributed by atoms with van der Waals surface area (Å²) in [6, 6.07) is 0.395. The van der Waals surface area contributed by atoms with E-state index in [2.05, 4.69) is 13.5 Å². The fourth-order valence-corrected chi connectivity index (χ4v) is 1.77. The maximum Gasteiger partial charge on any atom is 0.0104 e. The van der Waals surface area contributed by atoms with Crippen molar-refractivity contribution in [1.29, 1.82) is 0 Å². The van der Waals surface area contributed by atoms with Crippen molar-refractivity contribution >= 4 is 0 Å². The van der Waals surface area contributed by atoms with Crippen molar-refractivity contribution in [3.8, 4) is 0 Å².